The summed E-state index contributed by atoms with van der Waals surface area (Å²) in [4.78, 5) is 0.244. The zero-order valence-corrected chi connectivity index (χ0v) is 13.1. The summed E-state index contributed by atoms with van der Waals surface area (Å²) in [5, 5.41) is 2.97. The lowest BCUT2D eigenvalue weighted by molar-refractivity contribution is 0.465. The topological polar surface area (TPSA) is 62.6 Å². The molecule has 0 amide bonds. The largest absolute Gasteiger partial charge is 0.465 e. The Hall–Kier alpha value is -1.37. The fraction of sp³-hybridized carbons (Fsp3) is 0.429. The first-order valence-corrected chi connectivity index (χ1v) is 7.79. The van der Waals surface area contributed by atoms with E-state index in [9.17, 15) is 8.42 Å². The van der Waals surface area contributed by atoms with Gasteiger partial charge in [-0.15, -0.1) is 13.2 Å². The number of rotatable bonds is 8. The molecule has 6 heteroatoms. The fourth-order valence-electron chi connectivity index (χ4n) is 2.12. The lowest BCUT2D eigenvalue weighted by Gasteiger charge is -2.19. The minimum absolute atomic E-state index is 0.233. The van der Waals surface area contributed by atoms with Crippen molar-refractivity contribution in [1.82, 2.24) is 9.62 Å². The molecule has 0 fully saturated rings. The SMILES string of the molecule is C=CCN(CC=C)S(=O)(=O)c1c(C)oc(C)c1CNC. The number of nitrogens with zero attached hydrogens (tertiary/aromatic N) is 1. The molecule has 0 unspecified atom stereocenters. The van der Waals surface area contributed by atoms with Crippen LogP contribution < -0.4 is 5.32 Å². The molecule has 1 N–H and O–H groups in total. The van der Waals surface area contributed by atoms with Crippen LogP contribution in [0.25, 0.3) is 0 Å². The van der Waals surface area contributed by atoms with Gasteiger partial charge in [-0.05, 0) is 20.9 Å². The second kappa shape index (κ2) is 6.88. The van der Waals surface area contributed by atoms with E-state index < -0.39 is 10.0 Å². The van der Waals surface area contributed by atoms with E-state index in [1.807, 2.05) is 0 Å². The molecule has 0 aliphatic heterocycles. The zero-order chi connectivity index (χ0) is 15.3. The molecule has 0 saturated heterocycles. The van der Waals surface area contributed by atoms with Crippen molar-refractivity contribution in [3.63, 3.8) is 0 Å². The molecule has 5 nitrogen and oxygen atoms in total. The van der Waals surface area contributed by atoms with Gasteiger partial charge in [0.25, 0.3) is 0 Å². The number of hydrogen-bond donors (Lipinski definition) is 1. The molecule has 0 aliphatic rings. The molecule has 1 aromatic rings. The van der Waals surface area contributed by atoms with E-state index in [0.29, 0.717) is 23.6 Å². The molecule has 0 bridgehead atoms. The number of hydrogen-bond acceptors (Lipinski definition) is 4. The second-order valence-corrected chi connectivity index (χ2v) is 6.33. The minimum Gasteiger partial charge on any atom is -0.465 e. The van der Waals surface area contributed by atoms with Crippen LogP contribution in [0.3, 0.4) is 0 Å². The first-order valence-electron chi connectivity index (χ1n) is 6.35. The van der Waals surface area contributed by atoms with Crippen molar-refractivity contribution in [2.45, 2.75) is 25.3 Å². The van der Waals surface area contributed by atoms with Gasteiger partial charge in [-0.25, -0.2) is 8.42 Å². The third-order valence-corrected chi connectivity index (χ3v) is 4.97. The molecule has 1 aromatic heterocycles. The Morgan fingerprint density at radius 1 is 1.20 bits per heavy atom. The Labute approximate surface area is 121 Å². The van der Waals surface area contributed by atoms with Crippen LogP contribution in [0.5, 0.6) is 0 Å². The third-order valence-electron chi connectivity index (χ3n) is 2.94. The maximum absolute atomic E-state index is 12.8. The lowest BCUT2D eigenvalue weighted by Crippen LogP contribution is -2.32. The predicted molar refractivity (Wildman–Crippen MR) is 80.1 cm³/mol. The zero-order valence-electron chi connectivity index (χ0n) is 12.3. The van der Waals surface area contributed by atoms with Gasteiger partial charge >= 0.3 is 0 Å². The first kappa shape index (κ1) is 16.7. The average Bonchev–Trinajstić information content (AvgIpc) is 2.65. The van der Waals surface area contributed by atoms with Crippen molar-refractivity contribution < 1.29 is 12.8 Å². The van der Waals surface area contributed by atoms with Crippen molar-refractivity contribution in [1.29, 1.82) is 0 Å². The van der Waals surface area contributed by atoms with Crippen molar-refractivity contribution in [2.24, 2.45) is 0 Å². The van der Waals surface area contributed by atoms with E-state index in [1.54, 1.807) is 33.0 Å². The van der Waals surface area contributed by atoms with Crippen LogP contribution in [-0.4, -0.2) is 32.9 Å². The van der Waals surface area contributed by atoms with Crippen molar-refractivity contribution >= 4 is 10.0 Å². The van der Waals surface area contributed by atoms with Crippen LogP contribution in [0.1, 0.15) is 17.1 Å². The Balaban J connectivity index is 3.39. The van der Waals surface area contributed by atoms with Gasteiger partial charge < -0.3 is 9.73 Å². The highest BCUT2D eigenvalue weighted by atomic mass is 32.2. The van der Waals surface area contributed by atoms with E-state index in [1.165, 1.54) is 4.31 Å². The molecular formula is C14H22N2O3S. The van der Waals surface area contributed by atoms with Crippen LogP contribution in [0, 0.1) is 13.8 Å². The highest BCUT2D eigenvalue weighted by Gasteiger charge is 2.31. The summed E-state index contributed by atoms with van der Waals surface area (Å²) in [6, 6.07) is 0. The van der Waals surface area contributed by atoms with Gasteiger partial charge in [0, 0.05) is 25.2 Å². The number of sulfonamides is 1. The molecule has 112 valence electrons. The average molecular weight is 298 g/mol. The summed E-state index contributed by atoms with van der Waals surface area (Å²) < 4.78 is 32.4. The molecule has 1 rings (SSSR count). The molecule has 0 aromatic carbocycles. The van der Waals surface area contributed by atoms with Gasteiger partial charge in [0.15, 0.2) is 0 Å². The van der Waals surface area contributed by atoms with Crippen LogP contribution in [0.2, 0.25) is 0 Å². The molecule has 0 radical (unpaired) electrons. The second-order valence-electron chi connectivity index (χ2n) is 4.45. The number of nitrogens with one attached hydrogen (secondary N) is 1. The summed E-state index contributed by atoms with van der Waals surface area (Å²) in [5.74, 6) is 1.03. The summed E-state index contributed by atoms with van der Waals surface area (Å²) in [6.45, 7) is 11.5. The summed E-state index contributed by atoms with van der Waals surface area (Å²) in [7, 11) is -1.86. The van der Waals surface area contributed by atoms with Crippen molar-refractivity contribution in [3.05, 3.63) is 42.4 Å². The Morgan fingerprint density at radius 2 is 1.75 bits per heavy atom. The first-order chi connectivity index (χ1) is 9.39. The van der Waals surface area contributed by atoms with Gasteiger partial charge in [0.1, 0.15) is 16.4 Å². The highest BCUT2D eigenvalue weighted by molar-refractivity contribution is 7.89. The predicted octanol–water partition coefficient (Wildman–Crippen LogP) is 1.98. The molecular weight excluding hydrogens is 276 g/mol. The fourth-order valence-corrected chi connectivity index (χ4v) is 3.91. The van der Waals surface area contributed by atoms with Crippen LogP contribution in [0.15, 0.2) is 34.6 Å². The quantitative estimate of drug-likeness (QED) is 0.745. The third kappa shape index (κ3) is 3.20. The summed E-state index contributed by atoms with van der Waals surface area (Å²) >= 11 is 0. The summed E-state index contributed by atoms with van der Waals surface area (Å²) in [5.41, 5.74) is 0.670. The van der Waals surface area contributed by atoms with E-state index >= 15 is 0 Å². The molecule has 1 heterocycles. The Kier molecular flexibility index (Phi) is 5.74. The summed E-state index contributed by atoms with van der Waals surface area (Å²) in [6.07, 6.45) is 3.11. The molecule has 0 spiro atoms. The lowest BCUT2D eigenvalue weighted by atomic mass is 10.2. The normalized spacial score (nSPS) is 11.8. The maximum atomic E-state index is 12.8. The number of aryl methyl sites for hydroxylation is 2. The molecule has 0 atom stereocenters. The van der Waals surface area contributed by atoms with Crippen LogP contribution in [0.4, 0.5) is 0 Å². The monoisotopic (exact) mass is 298 g/mol. The maximum Gasteiger partial charge on any atom is 0.247 e. The Bertz CT molecular complexity index is 578. The van der Waals surface area contributed by atoms with Gasteiger partial charge in [0.2, 0.25) is 10.0 Å². The van der Waals surface area contributed by atoms with Gasteiger partial charge in [-0.1, -0.05) is 12.2 Å². The van der Waals surface area contributed by atoms with Crippen molar-refractivity contribution in [2.75, 3.05) is 20.1 Å². The van der Waals surface area contributed by atoms with E-state index in [0.717, 1.165) is 0 Å². The standard InChI is InChI=1S/C14H22N2O3S/c1-6-8-16(9-7-2)20(17,18)14-12(4)19-11(3)13(14)10-15-5/h6-7,15H,1-2,8-10H2,3-5H3. The van der Waals surface area contributed by atoms with E-state index in [2.05, 4.69) is 18.5 Å². The molecule has 20 heavy (non-hydrogen) atoms. The van der Waals surface area contributed by atoms with Crippen LogP contribution in [-0.2, 0) is 16.6 Å². The van der Waals surface area contributed by atoms with Gasteiger partial charge in [-0.2, -0.15) is 4.31 Å². The van der Waals surface area contributed by atoms with E-state index in [4.69, 9.17) is 4.42 Å². The molecule has 0 saturated carbocycles. The molecule has 0 aliphatic carbocycles. The minimum atomic E-state index is -3.63. The van der Waals surface area contributed by atoms with Gasteiger partial charge in [0.05, 0.1) is 0 Å². The highest BCUT2D eigenvalue weighted by Crippen LogP contribution is 2.29. The van der Waals surface area contributed by atoms with Crippen molar-refractivity contribution in [3.8, 4) is 0 Å². The Morgan fingerprint density at radius 3 is 2.20 bits per heavy atom. The van der Waals surface area contributed by atoms with E-state index in [-0.39, 0.29) is 18.0 Å². The van der Waals surface area contributed by atoms with Crippen LogP contribution >= 0.6 is 0 Å². The number of furan rings is 1. The smallest absolute Gasteiger partial charge is 0.247 e. The van der Waals surface area contributed by atoms with Gasteiger partial charge in [-0.3, -0.25) is 0 Å².